The minimum absolute atomic E-state index is 0.0127. The van der Waals surface area contributed by atoms with E-state index in [1.165, 1.54) is 0 Å². The van der Waals surface area contributed by atoms with Crippen molar-refractivity contribution in [1.29, 1.82) is 0 Å². The summed E-state index contributed by atoms with van der Waals surface area (Å²) >= 11 is 0. The summed E-state index contributed by atoms with van der Waals surface area (Å²) in [6.45, 7) is 3.34. The Balaban J connectivity index is 1.14. The van der Waals surface area contributed by atoms with Gasteiger partial charge in [0.05, 0.1) is 13.1 Å². The first kappa shape index (κ1) is 23.9. The lowest BCUT2D eigenvalue weighted by atomic mass is 10.2. The highest BCUT2D eigenvalue weighted by molar-refractivity contribution is 5.74. The summed E-state index contributed by atoms with van der Waals surface area (Å²) in [5, 5.41) is 5.90. The number of hydrogen-bond acceptors (Lipinski definition) is 2. The molecule has 0 aliphatic heterocycles. The van der Waals surface area contributed by atoms with Crippen LogP contribution in [0.2, 0.25) is 0 Å². The van der Waals surface area contributed by atoms with Gasteiger partial charge in [0.1, 0.15) is 24.8 Å². The van der Waals surface area contributed by atoms with Gasteiger partial charge in [0.15, 0.2) is 13.1 Å². The van der Waals surface area contributed by atoms with Crippen LogP contribution in [0.1, 0.15) is 17.5 Å². The number of carbonyl (C=O) groups is 2. The van der Waals surface area contributed by atoms with E-state index in [0.717, 1.165) is 30.6 Å². The van der Waals surface area contributed by atoms with Crippen LogP contribution in [0.3, 0.4) is 0 Å². The largest absolute Gasteiger partial charge is 0.349 e. The van der Waals surface area contributed by atoms with Crippen LogP contribution < -0.4 is 19.8 Å². The second-order valence-corrected chi connectivity index (χ2v) is 8.53. The first-order valence-corrected chi connectivity index (χ1v) is 11.8. The zero-order valence-corrected chi connectivity index (χ0v) is 19.8. The van der Waals surface area contributed by atoms with E-state index in [1.807, 2.05) is 107 Å². The highest BCUT2D eigenvalue weighted by Gasteiger charge is 2.11. The molecule has 2 heterocycles. The van der Waals surface area contributed by atoms with Gasteiger partial charge in [-0.2, -0.15) is 0 Å². The summed E-state index contributed by atoms with van der Waals surface area (Å²) in [5.41, 5.74) is 2.17. The van der Waals surface area contributed by atoms with Crippen molar-refractivity contribution in [3.8, 4) is 0 Å². The van der Waals surface area contributed by atoms with E-state index in [0.29, 0.717) is 26.2 Å². The van der Waals surface area contributed by atoms with Crippen LogP contribution in [-0.4, -0.2) is 20.9 Å². The van der Waals surface area contributed by atoms with Gasteiger partial charge in [-0.15, -0.1) is 0 Å². The fourth-order valence-corrected chi connectivity index (χ4v) is 3.80. The van der Waals surface area contributed by atoms with Gasteiger partial charge >= 0.3 is 0 Å². The van der Waals surface area contributed by atoms with Crippen molar-refractivity contribution in [2.75, 3.05) is 0 Å². The highest BCUT2D eigenvalue weighted by atomic mass is 16.2. The zero-order valence-electron chi connectivity index (χ0n) is 19.8. The Hall–Kier alpha value is -4.20. The normalized spacial score (nSPS) is 10.7. The quantitative estimate of drug-likeness (QED) is 0.307. The molecule has 0 radical (unpaired) electrons. The van der Waals surface area contributed by atoms with Crippen molar-refractivity contribution in [2.45, 2.75) is 45.7 Å². The molecule has 0 spiro atoms. The van der Waals surface area contributed by atoms with E-state index < -0.39 is 0 Å². The summed E-state index contributed by atoms with van der Waals surface area (Å²) < 4.78 is 7.94. The molecule has 0 unspecified atom stereocenters. The van der Waals surface area contributed by atoms with Crippen molar-refractivity contribution in [3.63, 3.8) is 0 Å². The predicted molar refractivity (Wildman–Crippen MR) is 130 cm³/mol. The third-order valence-corrected chi connectivity index (χ3v) is 5.64. The average Bonchev–Trinajstić information content (AvgIpc) is 3.52. The molecule has 180 valence electrons. The van der Waals surface area contributed by atoms with Crippen molar-refractivity contribution in [1.82, 2.24) is 19.8 Å². The van der Waals surface area contributed by atoms with Crippen LogP contribution in [0.4, 0.5) is 0 Å². The molecule has 35 heavy (non-hydrogen) atoms. The van der Waals surface area contributed by atoms with Crippen molar-refractivity contribution in [2.24, 2.45) is 0 Å². The maximum absolute atomic E-state index is 12.2. The van der Waals surface area contributed by atoms with Gasteiger partial charge in [0.25, 0.3) is 11.8 Å². The van der Waals surface area contributed by atoms with E-state index in [4.69, 9.17) is 0 Å². The predicted octanol–water partition coefficient (Wildman–Crippen LogP) is 1.59. The molecule has 4 rings (SSSR count). The Morgan fingerprint density at radius 3 is 1.51 bits per heavy atom. The second-order valence-electron chi connectivity index (χ2n) is 8.53. The lowest BCUT2D eigenvalue weighted by molar-refractivity contribution is -0.684. The third kappa shape index (κ3) is 7.96. The van der Waals surface area contributed by atoms with Gasteiger partial charge in [0.2, 0.25) is 12.7 Å². The van der Waals surface area contributed by atoms with Gasteiger partial charge in [-0.05, 0) is 11.1 Å². The number of aryl methyl sites for hydroxylation is 2. The Morgan fingerprint density at radius 1 is 0.657 bits per heavy atom. The standard InChI is InChI=1S/C27H30N6O2/c34-26(28-18-24-8-3-1-4-9-24)20-32-16-14-30(22-32)12-7-13-31-15-17-33(23-31)21-27(35)29-19-25-10-5-2-6-11-25/h1-6,8-11,14-17,22-23H,7,12-13,18-21H2/p+2. The number of nitrogens with zero attached hydrogens (tertiary/aromatic N) is 4. The van der Waals surface area contributed by atoms with E-state index in [9.17, 15) is 9.59 Å². The van der Waals surface area contributed by atoms with E-state index in [2.05, 4.69) is 19.8 Å². The van der Waals surface area contributed by atoms with Crippen molar-refractivity contribution in [3.05, 3.63) is 109 Å². The molecule has 2 amide bonds. The molecule has 0 atom stereocenters. The Kier molecular flexibility index (Phi) is 8.42. The van der Waals surface area contributed by atoms with Crippen LogP contribution in [0.25, 0.3) is 0 Å². The topological polar surface area (TPSA) is 75.8 Å². The molecule has 2 N–H and O–H groups in total. The Bertz CT molecular complexity index is 1120. The summed E-state index contributed by atoms with van der Waals surface area (Å²) in [6.07, 6.45) is 12.6. The average molecular weight is 473 g/mol. The SMILES string of the molecule is O=C(C[n+]1ccn(CCCn2cc[n+](CC(=O)NCc3ccccc3)c2)c1)NCc1ccccc1. The number of rotatable bonds is 12. The third-order valence-electron chi connectivity index (χ3n) is 5.64. The van der Waals surface area contributed by atoms with Crippen LogP contribution in [0.15, 0.2) is 98.1 Å². The van der Waals surface area contributed by atoms with Gasteiger partial charge in [-0.1, -0.05) is 60.7 Å². The molecule has 0 saturated heterocycles. The molecule has 8 heteroatoms. The van der Waals surface area contributed by atoms with Crippen molar-refractivity contribution >= 4 is 11.8 Å². The monoisotopic (exact) mass is 472 g/mol. The number of imidazole rings is 2. The summed E-state index contributed by atoms with van der Waals surface area (Å²) in [5.74, 6) is -0.0254. The second kappa shape index (κ2) is 12.3. The molecule has 2 aromatic carbocycles. The van der Waals surface area contributed by atoms with E-state index in [1.54, 1.807) is 0 Å². The fraction of sp³-hybridized carbons (Fsp3) is 0.259. The number of nitrogens with one attached hydrogen (secondary N) is 2. The van der Waals surface area contributed by atoms with Crippen LogP contribution >= 0.6 is 0 Å². The van der Waals surface area contributed by atoms with Gasteiger partial charge < -0.3 is 10.6 Å². The van der Waals surface area contributed by atoms with E-state index >= 15 is 0 Å². The number of amides is 2. The molecular formula is C27H32N6O2+2. The van der Waals surface area contributed by atoms with Crippen LogP contribution in [0.5, 0.6) is 0 Å². The van der Waals surface area contributed by atoms with Crippen LogP contribution in [-0.2, 0) is 48.9 Å². The summed E-state index contributed by atoms with van der Waals surface area (Å²) in [4.78, 5) is 24.4. The number of aromatic nitrogens is 4. The van der Waals surface area contributed by atoms with Gasteiger partial charge in [0, 0.05) is 19.5 Å². The Morgan fingerprint density at radius 2 is 1.09 bits per heavy atom. The minimum atomic E-state index is -0.0127. The number of benzene rings is 2. The lowest BCUT2D eigenvalue weighted by Gasteiger charge is -2.03. The smallest absolute Gasteiger partial charge is 0.262 e. The first-order chi connectivity index (χ1) is 17.1. The molecule has 0 aliphatic rings. The Labute approximate surface area is 205 Å². The number of carbonyl (C=O) groups excluding carboxylic acids is 2. The molecule has 0 aliphatic carbocycles. The molecule has 0 saturated carbocycles. The summed E-state index contributed by atoms with van der Waals surface area (Å²) in [6, 6.07) is 19.8. The lowest BCUT2D eigenvalue weighted by Crippen LogP contribution is -2.41. The molecule has 0 bridgehead atoms. The van der Waals surface area contributed by atoms with Gasteiger partial charge in [-0.25, -0.2) is 18.3 Å². The van der Waals surface area contributed by atoms with Crippen molar-refractivity contribution < 1.29 is 18.7 Å². The molecule has 0 fully saturated rings. The maximum Gasteiger partial charge on any atom is 0.262 e. The fourth-order valence-electron chi connectivity index (χ4n) is 3.80. The maximum atomic E-state index is 12.2. The molecule has 4 aromatic rings. The first-order valence-electron chi connectivity index (χ1n) is 11.8. The molecular weight excluding hydrogens is 440 g/mol. The van der Waals surface area contributed by atoms with Gasteiger partial charge in [-0.3, -0.25) is 9.59 Å². The van der Waals surface area contributed by atoms with Crippen LogP contribution in [0, 0.1) is 0 Å². The number of hydrogen-bond donors (Lipinski definition) is 2. The summed E-state index contributed by atoms with van der Waals surface area (Å²) in [7, 11) is 0. The molecule has 8 nitrogen and oxygen atoms in total. The van der Waals surface area contributed by atoms with E-state index in [-0.39, 0.29) is 11.8 Å². The highest BCUT2D eigenvalue weighted by Crippen LogP contribution is 1.98. The zero-order chi connectivity index (χ0) is 24.3. The molecule has 2 aromatic heterocycles. The minimum Gasteiger partial charge on any atom is -0.349 e.